The van der Waals surface area contributed by atoms with Crippen LogP contribution in [0, 0.1) is 13.8 Å². The lowest BCUT2D eigenvalue weighted by atomic mass is 10.0. The van der Waals surface area contributed by atoms with Crippen LogP contribution in [0.25, 0.3) is 10.9 Å². The molecule has 2 amide bonds. The molecule has 40 heavy (non-hydrogen) atoms. The molecule has 2 aromatic carbocycles. The zero-order chi connectivity index (χ0) is 28.6. The number of pyridine rings is 1. The number of ether oxygens (including phenoxy) is 1. The highest BCUT2D eigenvalue weighted by Gasteiger charge is 2.26. The van der Waals surface area contributed by atoms with Gasteiger partial charge in [-0.15, -0.1) is 0 Å². The van der Waals surface area contributed by atoms with E-state index >= 15 is 0 Å². The normalized spacial score (nSPS) is 11.8. The molecule has 0 fully saturated rings. The highest BCUT2D eigenvalue weighted by atomic mass is 16.5. The molecule has 0 radical (unpaired) electrons. The monoisotopic (exact) mass is 540 g/mol. The van der Waals surface area contributed by atoms with Gasteiger partial charge in [0.1, 0.15) is 12.6 Å². The van der Waals surface area contributed by atoms with E-state index in [0.717, 1.165) is 36.0 Å². The fraction of sp³-hybridized carbons (Fsp3) is 0.364. The molecule has 7 heteroatoms. The summed E-state index contributed by atoms with van der Waals surface area (Å²) in [4.78, 5) is 33.1. The maximum absolute atomic E-state index is 13.7. The van der Waals surface area contributed by atoms with Crippen molar-refractivity contribution in [2.75, 3.05) is 19.1 Å². The number of carbonyl (C=O) groups excluding carboxylic acids is 2. The lowest BCUT2D eigenvalue weighted by Crippen LogP contribution is -2.49. The Kier molecular flexibility index (Phi) is 9.59. The molecule has 2 heterocycles. The smallest absolute Gasteiger partial charge is 0.249 e. The standard InChI is InChI=1S/C33H40N4O3/c1-6-7-9-16-27-24(3)37(29-17-12-13-23(2)32(27)29)22-30(38)35-28(20-25-14-10-8-11-15-25)33(39)36(4)26-18-19-31(40-5)34-21-26/h8,10-15,17-19,21,28H,6-7,9,16,20,22H2,1-5H3,(H,35,38). The first-order valence-electron chi connectivity index (χ1n) is 14.0. The van der Waals surface area contributed by atoms with Crippen molar-refractivity contribution < 1.29 is 14.3 Å². The van der Waals surface area contributed by atoms with Crippen molar-refractivity contribution in [1.82, 2.24) is 14.9 Å². The first-order valence-corrected chi connectivity index (χ1v) is 14.0. The van der Waals surface area contributed by atoms with Gasteiger partial charge in [-0.25, -0.2) is 4.98 Å². The lowest BCUT2D eigenvalue weighted by Gasteiger charge is -2.25. The Morgan fingerprint density at radius 2 is 1.80 bits per heavy atom. The maximum Gasteiger partial charge on any atom is 0.249 e. The Morgan fingerprint density at radius 1 is 1.02 bits per heavy atom. The maximum atomic E-state index is 13.7. The SMILES string of the molecule is CCCCCc1c(C)n(CC(=O)NC(Cc2ccccc2)C(=O)N(C)c2ccc(OC)nc2)c2cccc(C)c12. The third-order valence-electron chi connectivity index (χ3n) is 7.58. The van der Waals surface area contributed by atoms with Crippen LogP contribution in [0.3, 0.4) is 0 Å². The van der Waals surface area contributed by atoms with Gasteiger partial charge in [0.2, 0.25) is 17.7 Å². The summed E-state index contributed by atoms with van der Waals surface area (Å²) in [5.74, 6) is 0.0591. The second kappa shape index (κ2) is 13.3. The van der Waals surface area contributed by atoms with Gasteiger partial charge < -0.3 is 19.5 Å². The molecule has 7 nitrogen and oxygen atoms in total. The minimum absolute atomic E-state index is 0.145. The number of amides is 2. The summed E-state index contributed by atoms with van der Waals surface area (Å²) in [6.45, 7) is 6.59. The Bertz CT molecular complexity index is 1440. The van der Waals surface area contributed by atoms with Crippen LogP contribution in [0.4, 0.5) is 5.69 Å². The van der Waals surface area contributed by atoms with Gasteiger partial charge in [0.25, 0.3) is 0 Å². The highest BCUT2D eigenvalue weighted by Crippen LogP contribution is 2.30. The predicted molar refractivity (Wildman–Crippen MR) is 161 cm³/mol. The number of aromatic nitrogens is 2. The Balaban J connectivity index is 1.60. The molecular weight excluding hydrogens is 500 g/mol. The molecule has 0 bridgehead atoms. The molecule has 0 saturated heterocycles. The molecule has 0 saturated carbocycles. The van der Waals surface area contributed by atoms with Gasteiger partial charge in [-0.05, 0) is 55.5 Å². The molecule has 0 aliphatic heterocycles. The zero-order valence-electron chi connectivity index (χ0n) is 24.2. The first-order chi connectivity index (χ1) is 19.3. The molecule has 2 aromatic heterocycles. The van der Waals surface area contributed by atoms with E-state index in [-0.39, 0.29) is 18.4 Å². The van der Waals surface area contributed by atoms with Crippen LogP contribution in [0.15, 0.2) is 66.9 Å². The average Bonchev–Trinajstić information content (AvgIpc) is 3.23. The van der Waals surface area contributed by atoms with Crippen molar-refractivity contribution in [3.63, 3.8) is 0 Å². The molecule has 1 N–H and O–H groups in total. The Morgan fingerprint density at radius 3 is 2.48 bits per heavy atom. The fourth-order valence-corrected chi connectivity index (χ4v) is 5.34. The highest BCUT2D eigenvalue weighted by molar-refractivity contribution is 5.99. The van der Waals surface area contributed by atoms with Gasteiger partial charge in [0, 0.05) is 36.1 Å². The lowest BCUT2D eigenvalue weighted by molar-refractivity contribution is -0.127. The summed E-state index contributed by atoms with van der Waals surface area (Å²) >= 11 is 0. The Labute approximate surface area is 237 Å². The minimum Gasteiger partial charge on any atom is -0.481 e. The Hall–Kier alpha value is -4.13. The van der Waals surface area contributed by atoms with E-state index in [4.69, 9.17) is 4.74 Å². The van der Waals surface area contributed by atoms with E-state index in [1.54, 1.807) is 32.5 Å². The molecule has 4 rings (SSSR count). The van der Waals surface area contributed by atoms with Crippen LogP contribution in [0.1, 0.15) is 48.6 Å². The van der Waals surface area contributed by atoms with Crippen molar-refractivity contribution in [1.29, 1.82) is 0 Å². The van der Waals surface area contributed by atoms with Crippen LogP contribution >= 0.6 is 0 Å². The number of unbranched alkanes of at least 4 members (excludes halogenated alkanes) is 2. The number of likely N-dealkylation sites (N-methyl/N-ethyl adjacent to an activating group) is 1. The van der Waals surface area contributed by atoms with E-state index < -0.39 is 6.04 Å². The van der Waals surface area contributed by atoms with Crippen molar-refractivity contribution in [2.24, 2.45) is 0 Å². The topological polar surface area (TPSA) is 76.5 Å². The molecule has 1 atom stereocenters. The van der Waals surface area contributed by atoms with Crippen molar-refractivity contribution in [3.8, 4) is 5.88 Å². The number of nitrogens with zero attached hydrogens (tertiary/aromatic N) is 3. The summed E-state index contributed by atoms with van der Waals surface area (Å²) in [6.07, 6.45) is 6.43. The summed E-state index contributed by atoms with van der Waals surface area (Å²) in [5.41, 5.74) is 6.31. The van der Waals surface area contributed by atoms with Crippen LogP contribution in [-0.4, -0.2) is 41.6 Å². The van der Waals surface area contributed by atoms with Crippen LogP contribution in [-0.2, 0) is 29.0 Å². The van der Waals surface area contributed by atoms with Gasteiger partial charge in [0.05, 0.1) is 19.0 Å². The molecule has 1 unspecified atom stereocenters. The third-order valence-corrected chi connectivity index (χ3v) is 7.58. The summed E-state index contributed by atoms with van der Waals surface area (Å²) in [6, 6.07) is 18.8. The average molecular weight is 541 g/mol. The van der Waals surface area contributed by atoms with Gasteiger partial charge in [0.15, 0.2) is 0 Å². The quantitative estimate of drug-likeness (QED) is 0.231. The first kappa shape index (κ1) is 28.9. The van der Waals surface area contributed by atoms with E-state index in [9.17, 15) is 9.59 Å². The second-order valence-corrected chi connectivity index (χ2v) is 10.3. The largest absolute Gasteiger partial charge is 0.481 e. The molecule has 4 aromatic rings. The number of nitrogens with one attached hydrogen (secondary N) is 1. The van der Waals surface area contributed by atoms with Crippen molar-refractivity contribution in [2.45, 2.75) is 65.5 Å². The number of aryl methyl sites for hydroxylation is 2. The number of fused-ring (bicyclic) bond motifs is 1. The summed E-state index contributed by atoms with van der Waals surface area (Å²) < 4.78 is 7.24. The van der Waals surface area contributed by atoms with Gasteiger partial charge >= 0.3 is 0 Å². The van der Waals surface area contributed by atoms with Gasteiger partial charge in [-0.2, -0.15) is 0 Å². The number of hydrogen-bond acceptors (Lipinski definition) is 4. The number of anilines is 1. The van der Waals surface area contributed by atoms with Crippen LogP contribution in [0.5, 0.6) is 5.88 Å². The number of hydrogen-bond donors (Lipinski definition) is 1. The molecule has 0 spiro atoms. The van der Waals surface area contributed by atoms with Gasteiger partial charge in [-0.1, -0.05) is 62.2 Å². The van der Waals surface area contributed by atoms with Gasteiger partial charge in [-0.3, -0.25) is 9.59 Å². The predicted octanol–water partition coefficient (Wildman–Crippen LogP) is 5.78. The van der Waals surface area contributed by atoms with E-state index in [1.807, 2.05) is 36.4 Å². The number of carbonyl (C=O) groups is 2. The molecular formula is C33H40N4O3. The minimum atomic E-state index is -0.741. The fourth-order valence-electron chi connectivity index (χ4n) is 5.34. The zero-order valence-corrected chi connectivity index (χ0v) is 24.2. The number of rotatable bonds is 12. The second-order valence-electron chi connectivity index (χ2n) is 10.3. The number of methoxy groups -OCH3 is 1. The van der Waals surface area contributed by atoms with E-state index in [1.165, 1.54) is 27.8 Å². The van der Waals surface area contributed by atoms with Crippen molar-refractivity contribution >= 4 is 28.4 Å². The van der Waals surface area contributed by atoms with Crippen LogP contribution in [0.2, 0.25) is 0 Å². The molecule has 0 aliphatic carbocycles. The van der Waals surface area contributed by atoms with Crippen molar-refractivity contribution in [3.05, 3.63) is 89.2 Å². The van der Waals surface area contributed by atoms with E-state index in [0.29, 0.717) is 18.0 Å². The summed E-state index contributed by atoms with van der Waals surface area (Å²) in [7, 11) is 3.25. The third kappa shape index (κ3) is 6.53. The number of benzene rings is 2. The van der Waals surface area contributed by atoms with E-state index in [2.05, 4.69) is 47.8 Å². The summed E-state index contributed by atoms with van der Waals surface area (Å²) in [5, 5.41) is 4.30. The van der Waals surface area contributed by atoms with Crippen LogP contribution < -0.4 is 15.0 Å². The molecule has 210 valence electrons. The molecule has 0 aliphatic rings.